The van der Waals surface area contributed by atoms with E-state index in [1.165, 1.54) is 77.0 Å². The second-order valence-corrected chi connectivity index (χ2v) is 26.8. The van der Waals surface area contributed by atoms with Crippen LogP contribution >= 0.6 is 32.8 Å². The lowest BCUT2D eigenvalue weighted by molar-refractivity contribution is 0.841. The number of unbranched alkanes of at least 4 members (excludes halogenated alkanes) is 6. The number of hydrogen-bond donors (Lipinski definition) is 0. The highest BCUT2D eigenvalue weighted by Crippen LogP contribution is 3.04. The van der Waals surface area contributed by atoms with Crippen molar-refractivity contribution in [3.63, 3.8) is 0 Å². The molecule has 0 aromatic rings. The third kappa shape index (κ3) is 10.8. The predicted octanol–water partition coefficient (Wildman–Crippen LogP) is 11.3. The lowest BCUT2D eigenvalue weighted by Crippen LogP contribution is -2.15. The highest BCUT2D eigenvalue weighted by atomic mass is 35.5. The molecule has 0 aliphatic rings. The third-order valence-corrected chi connectivity index (χ3v) is 34.6. The molecule has 0 unspecified atom stereocenters. The van der Waals surface area contributed by atoms with Crippen LogP contribution in [-0.4, -0.2) is 42.6 Å². The predicted molar refractivity (Wildman–Crippen MR) is 150 cm³/mol. The van der Waals surface area contributed by atoms with Crippen molar-refractivity contribution in [2.45, 2.75) is 119 Å². The Morgan fingerprint density at radius 1 is 0.448 bits per heavy atom. The maximum Gasteiger partial charge on any atom is 0.223 e. The van der Waals surface area contributed by atoms with E-state index in [1.54, 1.807) is 37.0 Å². The Bertz CT molecular complexity index is 286. The summed E-state index contributed by atoms with van der Waals surface area (Å²) in [6.07, 6.45) is 26.5. The Morgan fingerprint density at radius 2 is 0.655 bits per heavy atom. The number of rotatable bonds is 21. The Hall–Kier alpha value is 1.58. The molecular formula is C25H56ClP3+2. The van der Waals surface area contributed by atoms with E-state index >= 15 is 0 Å². The number of alkyl halides is 1. The molecule has 176 valence electrons. The van der Waals surface area contributed by atoms with Crippen LogP contribution in [0, 0.1) is 0 Å². The monoisotopic (exact) mass is 484 g/mol. The number of halogens is 1. The molecular weight excluding hydrogens is 429 g/mol. The van der Waals surface area contributed by atoms with Crippen molar-refractivity contribution in [2.24, 2.45) is 0 Å². The van der Waals surface area contributed by atoms with Crippen molar-refractivity contribution < 1.29 is 0 Å². The lowest BCUT2D eigenvalue weighted by Gasteiger charge is -2.40. The summed E-state index contributed by atoms with van der Waals surface area (Å²) in [6.45, 7) is 12.6. The normalized spacial score (nSPS) is 12.8. The van der Waals surface area contributed by atoms with Crippen molar-refractivity contribution in [3.05, 3.63) is 0 Å². The van der Waals surface area contributed by atoms with Gasteiger partial charge in [0.15, 0.2) is 0 Å². The Balaban J connectivity index is 6.22. The summed E-state index contributed by atoms with van der Waals surface area (Å²) in [4.78, 5) is 0. The SMILES string of the molecule is CCCC[P+](CCCC)(CCCC)P(CCl)[P+](CCCC)(CCCC)CCCC. The van der Waals surface area contributed by atoms with Crippen LogP contribution in [0.3, 0.4) is 0 Å². The van der Waals surface area contributed by atoms with Crippen molar-refractivity contribution in [2.75, 3.05) is 42.6 Å². The highest BCUT2D eigenvalue weighted by Gasteiger charge is 2.60. The topological polar surface area (TPSA) is 0 Å². The van der Waals surface area contributed by atoms with Crippen LogP contribution < -0.4 is 0 Å². The molecule has 0 aromatic carbocycles. The highest BCUT2D eigenvalue weighted by molar-refractivity contribution is 8.70. The van der Waals surface area contributed by atoms with Crippen LogP contribution in [0.4, 0.5) is 0 Å². The van der Waals surface area contributed by atoms with Crippen LogP contribution in [0.5, 0.6) is 0 Å². The van der Waals surface area contributed by atoms with Crippen molar-refractivity contribution in [1.29, 1.82) is 0 Å². The molecule has 4 heteroatoms. The van der Waals surface area contributed by atoms with E-state index < -0.39 is 13.9 Å². The smallest absolute Gasteiger partial charge is 0.114 e. The van der Waals surface area contributed by atoms with Crippen LogP contribution in [0.2, 0.25) is 0 Å². The van der Waals surface area contributed by atoms with Gasteiger partial charge >= 0.3 is 0 Å². The quantitative estimate of drug-likeness (QED) is 0.112. The molecule has 0 aromatic heterocycles. The third-order valence-electron chi connectivity index (χ3n) is 6.65. The zero-order valence-corrected chi connectivity index (χ0v) is 24.6. The average molecular weight is 485 g/mol. The molecule has 0 aliphatic carbocycles. The molecule has 0 nitrogen and oxygen atoms in total. The standard InChI is InChI=1S/C25H56ClP3/c1-7-13-19-28(20-14-8-2,21-15-9-3)27(25-26)29(22-16-10-4,23-17-11-5)24-18-12-6/h7-25H2,1-6H3/q+2. The molecule has 29 heavy (non-hydrogen) atoms. The minimum atomic E-state index is -0.916. The van der Waals surface area contributed by atoms with E-state index in [4.69, 9.17) is 11.6 Å². The lowest BCUT2D eigenvalue weighted by atomic mass is 10.4. The molecule has 0 N–H and O–H groups in total. The van der Waals surface area contributed by atoms with Gasteiger partial charge in [-0.3, -0.25) is 0 Å². The van der Waals surface area contributed by atoms with E-state index in [0.717, 1.165) is 5.62 Å². The van der Waals surface area contributed by atoms with Crippen molar-refractivity contribution >= 4 is 32.8 Å². The maximum atomic E-state index is 7.09. The van der Waals surface area contributed by atoms with Gasteiger partial charge in [-0.15, -0.1) is 11.6 Å². The summed E-state index contributed by atoms with van der Waals surface area (Å²) >= 11 is 7.09. The van der Waals surface area contributed by atoms with Gasteiger partial charge in [0, 0.05) is 0 Å². The molecule has 0 saturated carbocycles. The van der Waals surface area contributed by atoms with Gasteiger partial charge in [-0.25, -0.2) is 0 Å². The van der Waals surface area contributed by atoms with E-state index in [1.807, 2.05) is 0 Å². The van der Waals surface area contributed by atoms with E-state index in [-0.39, 0.29) is 7.30 Å². The fraction of sp³-hybridized carbons (Fsp3) is 1.00. The van der Waals surface area contributed by atoms with Crippen LogP contribution in [0.1, 0.15) is 119 Å². The van der Waals surface area contributed by atoms with Gasteiger partial charge in [-0.1, -0.05) is 80.1 Å². The molecule has 0 aliphatic heterocycles. The molecule has 0 heterocycles. The molecule has 0 saturated heterocycles. The molecule has 0 rings (SSSR count). The summed E-state index contributed by atoms with van der Waals surface area (Å²) in [5.74, 6) is 0. The zero-order chi connectivity index (χ0) is 22.0. The van der Waals surface area contributed by atoms with E-state index in [9.17, 15) is 0 Å². The summed E-state index contributed by atoms with van der Waals surface area (Å²) in [6, 6.07) is 0. The second kappa shape index (κ2) is 19.1. The molecule has 0 spiro atoms. The molecule has 0 bridgehead atoms. The van der Waals surface area contributed by atoms with Gasteiger partial charge in [-0.05, 0) is 38.5 Å². The first-order chi connectivity index (χ1) is 14.1. The van der Waals surface area contributed by atoms with Crippen LogP contribution in [-0.2, 0) is 0 Å². The Kier molecular flexibility index (Phi) is 20.1. The van der Waals surface area contributed by atoms with Gasteiger partial charge in [0.2, 0.25) is 7.30 Å². The minimum Gasteiger partial charge on any atom is -0.114 e. The van der Waals surface area contributed by atoms with Crippen molar-refractivity contribution in [1.82, 2.24) is 0 Å². The van der Waals surface area contributed by atoms with E-state index in [0.29, 0.717) is 0 Å². The first kappa shape index (κ1) is 30.6. The largest absolute Gasteiger partial charge is 0.223 e. The molecule has 0 radical (unpaired) electrons. The Labute approximate surface area is 193 Å². The van der Waals surface area contributed by atoms with Gasteiger partial charge in [-0.2, -0.15) is 0 Å². The minimum absolute atomic E-state index is 0.0642. The van der Waals surface area contributed by atoms with Gasteiger partial charge in [0.25, 0.3) is 0 Å². The fourth-order valence-corrected chi connectivity index (χ4v) is 40.8. The summed E-state index contributed by atoms with van der Waals surface area (Å²) in [5, 5.41) is 0. The van der Waals surface area contributed by atoms with Gasteiger partial charge in [0.1, 0.15) is 5.62 Å². The number of hydrogen-bond acceptors (Lipinski definition) is 0. The summed E-state index contributed by atoms with van der Waals surface area (Å²) in [7, 11) is 0.0642. The van der Waals surface area contributed by atoms with Crippen molar-refractivity contribution in [3.8, 4) is 0 Å². The van der Waals surface area contributed by atoms with Gasteiger partial charge < -0.3 is 0 Å². The molecule has 0 fully saturated rings. The van der Waals surface area contributed by atoms with Crippen LogP contribution in [0.25, 0.3) is 0 Å². The van der Waals surface area contributed by atoms with E-state index in [2.05, 4.69) is 41.5 Å². The average Bonchev–Trinajstić information content (AvgIpc) is 2.75. The van der Waals surface area contributed by atoms with Crippen LogP contribution in [0.15, 0.2) is 0 Å². The zero-order valence-electron chi connectivity index (χ0n) is 21.2. The Morgan fingerprint density at radius 3 is 0.793 bits per heavy atom. The molecule has 0 atom stereocenters. The fourth-order valence-electron chi connectivity index (χ4n) is 4.71. The summed E-state index contributed by atoms with van der Waals surface area (Å²) < 4.78 is 0. The first-order valence-electron chi connectivity index (χ1n) is 13.1. The molecule has 0 amide bonds. The van der Waals surface area contributed by atoms with Gasteiger partial charge in [0.05, 0.1) is 50.9 Å². The maximum absolute atomic E-state index is 7.09. The summed E-state index contributed by atoms with van der Waals surface area (Å²) in [5.41, 5.74) is 1.05. The first-order valence-corrected chi connectivity index (χ1v) is 21.3. The second-order valence-electron chi connectivity index (χ2n) is 9.14.